The third-order valence-corrected chi connectivity index (χ3v) is 1.76. The second-order valence-corrected chi connectivity index (χ2v) is 3.08. The van der Waals surface area contributed by atoms with Crippen LogP contribution in [0.1, 0.15) is 39.5 Å². The Morgan fingerprint density at radius 3 is 2.20 bits per heavy atom. The van der Waals surface area contributed by atoms with Gasteiger partial charge in [0.05, 0.1) is 0 Å². The number of hydrogen-bond acceptors (Lipinski definition) is 2. The lowest BCUT2D eigenvalue weighted by Gasteiger charge is -2.08. The Morgan fingerprint density at radius 2 is 1.80 bits per heavy atom. The van der Waals surface area contributed by atoms with Gasteiger partial charge in [0.25, 0.3) is 0 Å². The first kappa shape index (κ1) is 9.92. The molecule has 0 amide bonds. The average molecular weight is 144 g/mol. The Balaban J connectivity index is 3.03. The predicted molar refractivity (Wildman–Crippen MR) is 45.8 cm³/mol. The van der Waals surface area contributed by atoms with Crippen molar-refractivity contribution in [2.24, 2.45) is 11.5 Å². The third kappa shape index (κ3) is 6.05. The fraction of sp³-hybridized carbons (Fsp3) is 1.00. The molecule has 10 heavy (non-hydrogen) atoms. The van der Waals surface area contributed by atoms with E-state index in [9.17, 15) is 0 Å². The molecule has 62 valence electrons. The van der Waals surface area contributed by atoms with E-state index in [0.29, 0.717) is 12.1 Å². The molecular weight excluding hydrogens is 124 g/mol. The molecule has 0 aromatic heterocycles. The summed E-state index contributed by atoms with van der Waals surface area (Å²) in [5.41, 5.74) is 11.3. The van der Waals surface area contributed by atoms with E-state index in [-0.39, 0.29) is 0 Å². The van der Waals surface area contributed by atoms with E-state index in [4.69, 9.17) is 11.5 Å². The van der Waals surface area contributed by atoms with E-state index >= 15 is 0 Å². The van der Waals surface area contributed by atoms with E-state index in [0.717, 1.165) is 19.3 Å². The van der Waals surface area contributed by atoms with Crippen LogP contribution in [0, 0.1) is 0 Å². The monoisotopic (exact) mass is 144 g/mol. The highest BCUT2D eigenvalue weighted by Crippen LogP contribution is 2.02. The smallest absolute Gasteiger partial charge is 0.00362 e. The first-order chi connectivity index (χ1) is 4.66. The molecule has 0 aliphatic carbocycles. The van der Waals surface area contributed by atoms with Gasteiger partial charge in [-0.1, -0.05) is 13.3 Å². The Kier molecular flexibility index (Phi) is 5.64. The molecule has 0 saturated carbocycles. The van der Waals surface area contributed by atoms with Crippen LogP contribution in [-0.2, 0) is 0 Å². The molecule has 0 radical (unpaired) electrons. The standard InChI is InChI=1S/C8H20N2/c1-3-8(10)6-4-5-7(2)9/h7-8H,3-6,9-10H2,1-2H3. The van der Waals surface area contributed by atoms with Gasteiger partial charge in [-0.05, 0) is 26.2 Å². The SMILES string of the molecule is CCC(N)CCCC(C)N. The third-order valence-electron chi connectivity index (χ3n) is 1.76. The number of nitrogens with two attached hydrogens (primary N) is 2. The largest absolute Gasteiger partial charge is 0.328 e. The molecule has 0 spiro atoms. The molecule has 2 atom stereocenters. The van der Waals surface area contributed by atoms with Gasteiger partial charge in [0.15, 0.2) is 0 Å². The van der Waals surface area contributed by atoms with Gasteiger partial charge in [0.2, 0.25) is 0 Å². The van der Waals surface area contributed by atoms with Crippen molar-refractivity contribution in [3.05, 3.63) is 0 Å². The van der Waals surface area contributed by atoms with Crippen molar-refractivity contribution >= 4 is 0 Å². The van der Waals surface area contributed by atoms with Crippen molar-refractivity contribution in [3.8, 4) is 0 Å². The van der Waals surface area contributed by atoms with Gasteiger partial charge in [-0.15, -0.1) is 0 Å². The minimum atomic E-state index is 0.337. The molecule has 2 heteroatoms. The first-order valence-corrected chi connectivity index (χ1v) is 4.18. The fourth-order valence-corrected chi connectivity index (χ4v) is 0.906. The van der Waals surface area contributed by atoms with Crippen LogP contribution in [0.2, 0.25) is 0 Å². The lowest BCUT2D eigenvalue weighted by atomic mass is 10.1. The Bertz CT molecular complexity index is 71.7. The maximum atomic E-state index is 5.72. The maximum absolute atomic E-state index is 5.72. The van der Waals surface area contributed by atoms with E-state index in [1.165, 1.54) is 6.42 Å². The lowest BCUT2D eigenvalue weighted by molar-refractivity contribution is 0.523. The van der Waals surface area contributed by atoms with Gasteiger partial charge < -0.3 is 11.5 Å². The molecule has 0 aliphatic rings. The van der Waals surface area contributed by atoms with Crippen molar-refractivity contribution in [3.63, 3.8) is 0 Å². The summed E-state index contributed by atoms with van der Waals surface area (Å²) in [4.78, 5) is 0. The van der Waals surface area contributed by atoms with Crippen LogP contribution in [-0.4, -0.2) is 12.1 Å². The number of rotatable bonds is 5. The second-order valence-electron chi connectivity index (χ2n) is 3.08. The van der Waals surface area contributed by atoms with Crippen molar-refractivity contribution in [2.75, 3.05) is 0 Å². The van der Waals surface area contributed by atoms with Crippen LogP contribution >= 0.6 is 0 Å². The van der Waals surface area contributed by atoms with Gasteiger partial charge in [-0.2, -0.15) is 0 Å². The molecule has 0 fully saturated rings. The topological polar surface area (TPSA) is 52.0 Å². The summed E-state index contributed by atoms with van der Waals surface area (Å²) >= 11 is 0. The van der Waals surface area contributed by atoms with Gasteiger partial charge in [-0.3, -0.25) is 0 Å². The van der Waals surface area contributed by atoms with Gasteiger partial charge in [0.1, 0.15) is 0 Å². The molecule has 2 unspecified atom stereocenters. The molecule has 0 bridgehead atoms. The molecule has 0 heterocycles. The summed E-state index contributed by atoms with van der Waals surface area (Å²) < 4.78 is 0. The zero-order valence-electron chi connectivity index (χ0n) is 7.14. The lowest BCUT2D eigenvalue weighted by Crippen LogP contribution is -2.20. The molecule has 0 aromatic carbocycles. The maximum Gasteiger partial charge on any atom is 0.00362 e. The van der Waals surface area contributed by atoms with E-state index < -0.39 is 0 Å². The summed E-state index contributed by atoms with van der Waals surface area (Å²) in [7, 11) is 0. The fourth-order valence-electron chi connectivity index (χ4n) is 0.906. The van der Waals surface area contributed by atoms with Gasteiger partial charge in [-0.25, -0.2) is 0 Å². The Morgan fingerprint density at radius 1 is 1.20 bits per heavy atom. The molecule has 0 aromatic rings. The average Bonchev–Trinajstić information content (AvgIpc) is 1.87. The summed E-state index contributed by atoms with van der Waals surface area (Å²) in [6.45, 7) is 4.16. The minimum Gasteiger partial charge on any atom is -0.328 e. The molecule has 4 N–H and O–H groups in total. The second kappa shape index (κ2) is 5.69. The molecular formula is C8H20N2. The highest BCUT2D eigenvalue weighted by Gasteiger charge is 1.99. The molecule has 0 aliphatic heterocycles. The van der Waals surface area contributed by atoms with Crippen LogP contribution < -0.4 is 11.5 Å². The van der Waals surface area contributed by atoms with Crippen molar-refractivity contribution < 1.29 is 0 Å². The normalized spacial score (nSPS) is 16.8. The van der Waals surface area contributed by atoms with Gasteiger partial charge >= 0.3 is 0 Å². The van der Waals surface area contributed by atoms with E-state index in [1.807, 2.05) is 6.92 Å². The first-order valence-electron chi connectivity index (χ1n) is 4.18. The quantitative estimate of drug-likeness (QED) is 0.610. The highest BCUT2D eigenvalue weighted by atomic mass is 14.6. The van der Waals surface area contributed by atoms with Crippen molar-refractivity contribution in [1.82, 2.24) is 0 Å². The van der Waals surface area contributed by atoms with Crippen LogP contribution in [0.3, 0.4) is 0 Å². The molecule has 2 nitrogen and oxygen atoms in total. The molecule has 0 saturated heterocycles. The molecule has 0 rings (SSSR count). The van der Waals surface area contributed by atoms with Crippen molar-refractivity contribution in [1.29, 1.82) is 0 Å². The zero-order chi connectivity index (χ0) is 7.98. The highest BCUT2D eigenvalue weighted by molar-refractivity contribution is 4.60. The zero-order valence-corrected chi connectivity index (χ0v) is 7.14. The Labute approximate surface area is 64.0 Å². The van der Waals surface area contributed by atoms with E-state index in [2.05, 4.69) is 6.92 Å². The predicted octanol–water partition coefficient (Wildman–Crippen LogP) is 1.24. The van der Waals surface area contributed by atoms with Crippen LogP contribution in [0.4, 0.5) is 0 Å². The van der Waals surface area contributed by atoms with Gasteiger partial charge in [0, 0.05) is 12.1 Å². The van der Waals surface area contributed by atoms with E-state index in [1.54, 1.807) is 0 Å². The van der Waals surface area contributed by atoms with Crippen LogP contribution in [0.25, 0.3) is 0 Å². The summed E-state index contributed by atoms with van der Waals surface area (Å²) in [5, 5.41) is 0. The summed E-state index contributed by atoms with van der Waals surface area (Å²) in [6, 6.07) is 0.725. The van der Waals surface area contributed by atoms with Crippen molar-refractivity contribution in [2.45, 2.75) is 51.6 Å². The summed E-state index contributed by atoms with van der Waals surface area (Å²) in [5.74, 6) is 0. The number of hydrogen-bond donors (Lipinski definition) is 2. The van der Waals surface area contributed by atoms with Crippen LogP contribution in [0.15, 0.2) is 0 Å². The summed E-state index contributed by atoms with van der Waals surface area (Å²) in [6.07, 6.45) is 4.48. The minimum absolute atomic E-state index is 0.337. The Hall–Kier alpha value is -0.0800. The van der Waals surface area contributed by atoms with Crippen LogP contribution in [0.5, 0.6) is 0 Å².